The second kappa shape index (κ2) is 11.2. The highest BCUT2D eigenvalue weighted by atomic mass is 35.5. The number of hydrogen-bond acceptors (Lipinski definition) is 6. The van der Waals surface area contributed by atoms with Crippen LogP contribution in [-0.2, 0) is 22.4 Å². The second-order valence-electron chi connectivity index (χ2n) is 9.84. The Morgan fingerprint density at radius 2 is 1.71 bits per heavy atom. The lowest BCUT2D eigenvalue weighted by atomic mass is 9.88. The van der Waals surface area contributed by atoms with Crippen molar-refractivity contribution < 1.29 is 32.6 Å². The smallest absolute Gasteiger partial charge is 0.254 e. The molecule has 4 aromatic rings. The first-order chi connectivity index (χ1) is 19.6. The Kier molecular flexibility index (Phi) is 7.73. The molecule has 41 heavy (non-hydrogen) atoms. The average molecular weight is 579 g/mol. The molecule has 0 aliphatic heterocycles. The third kappa shape index (κ3) is 5.63. The molecule has 210 valence electrons. The summed E-state index contributed by atoms with van der Waals surface area (Å²) in [5.74, 6) is -1.65. The number of ether oxygens (including phenoxy) is 2. The van der Waals surface area contributed by atoms with Gasteiger partial charge in [0.2, 0.25) is 0 Å². The van der Waals surface area contributed by atoms with Gasteiger partial charge in [-0.05, 0) is 60.4 Å². The van der Waals surface area contributed by atoms with Crippen LogP contribution in [0.4, 0.5) is 8.78 Å². The van der Waals surface area contributed by atoms with Crippen molar-refractivity contribution in [2.45, 2.75) is 25.7 Å². The minimum atomic E-state index is -1.14. The number of carbonyl (C=O) groups excluding carboxylic acids is 3. The average Bonchev–Trinajstić information content (AvgIpc) is 3.77. The van der Waals surface area contributed by atoms with Crippen molar-refractivity contribution in [3.05, 3.63) is 94.1 Å². The number of ketones is 2. The van der Waals surface area contributed by atoms with Gasteiger partial charge in [-0.15, -0.1) is 0 Å². The predicted octanol–water partition coefficient (Wildman–Crippen LogP) is 6.03. The Balaban J connectivity index is 1.33. The molecule has 0 atom stereocenters. The molecule has 1 aliphatic rings. The third-order valence-corrected chi connectivity index (χ3v) is 7.61. The van der Waals surface area contributed by atoms with Crippen molar-refractivity contribution in [1.82, 2.24) is 10.3 Å². The monoisotopic (exact) mass is 578 g/mol. The number of nitrogens with one attached hydrogen (secondary N) is 1. The molecular weight excluding hydrogens is 554 g/mol. The van der Waals surface area contributed by atoms with E-state index >= 15 is 4.39 Å². The molecule has 1 aliphatic carbocycles. The fourth-order valence-corrected chi connectivity index (χ4v) is 5.01. The summed E-state index contributed by atoms with van der Waals surface area (Å²) in [6.45, 7) is 0. The maximum Gasteiger partial charge on any atom is 0.254 e. The van der Waals surface area contributed by atoms with Crippen LogP contribution in [0.5, 0.6) is 17.2 Å². The molecule has 0 radical (unpaired) electrons. The Hall–Kier alpha value is -4.37. The van der Waals surface area contributed by atoms with E-state index < -0.39 is 17.0 Å². The van der Waals surface area contributed by atoms with Crippen LogP contribution in [-0.4, -0.2) is 36.6 Å². The number of methoxy groups -OCH3 is 1. The second-order valence-corrected chi connectivity index (χ2v) is 10.2. The fraction of sp³-hybridized carbons (Fsp3) is 0.226. The van der Waals surface area contributed by atoms with E-state index in [9.17, 15) is 18.8 Å². The fourth-order valence-electron chi connectivity index (χ4n) is 4.77. The third-order valence-electron chi connectivity index (χ3n) is 7.26. The molecule has 1 saturated carbocycles. The van der Waals surface area contributed by atoms with Gasteiger partial charge < -0.3 is 14.8 Å². The molecule has 10 heteroatoms. The summed E-state index contributed by atoms with van der Waals surface area (Å²) < 4.78 is 39.7. The molecule has 0 saturated heterocycles. The van der Waals surface area contributed by atoms with Crippen molar-refractivity contribution in [3.63, 3.8) is 0 Å². The minimum Gasteiger partial charge on any atom is -0.496 e. The van der Waals surface area contributed by atoms with E-state index in [4.69, 9.17) is 21.1 Å². The zero-order valence-electron chi connectivity index (χ0n) is 22.2. The topological polar surface area (TPSA) is 94.6 Å². The number of hydrogen-bond donors (Lipinski definition) is 1. The Morgan fingerprint density at radius 3 is 2.37 bits per heavy atom. The Morgan fingerprint density at radius 1 is 0.951 bits per heavy atom. The first kappa shape index (κ1) is 28.2. The highest BCUT2D eigenvalue weighted by molar-refractivity contribution is 6.31. The molecule has 3 aromatic carbocycles. The first-order valence-corrected chi connectivity index (χ1v) is 13.2. The zero-order valence-corrected chi connectivity index (χ0v) is 23.0. The van der Waals surface area contributed by atoms with Crippen LogP contribution in [0, 0.1) is 17.0 Å². The predicted molar refractivity (Wildman–Crippen MR) is 149 cm³/mol. The van der Waals surface area contributed by atoms with Gasteiger partial charge in [0.15, 0.2) is 23.1 Å². The molecule has 1 aromatic heterocycles. The lowest BCUT2D eigenvalue weighted by Crippen LogP contribution is -2.29. The van der Waals surface area contributed by atoms with Crippen molar-refractivity contribution >= 4 is 40.0 Å². The van der Waals surface area contributed by atoms with Gasteiger partial charge in [-0.2, -0.15) is 0 Å². The number of benzene rings is 3. The summed E-state index contributed by atoms with van der Waals surface area (Å²) in [7, 11) is 2.94. The molecule has 1 heterocycles. The number of pyridine rings is 1. The Labute approximate surface area is 239 Å². The number of rotatable bonds is 10. The number of fused-ring (bicyclic) bond motifs is 1. The molecule has 0 bridgehead atoms. The summed E-state index contributed by atoms with van der Waals surface area (Å²) in [6, 6.07) is 12.7. The van der Waals surface area contributed by atoms with Crippen LogP contribution < -0.4 is 14.8 Å². The summed E-state index contributed by atoms with van der Waals surface area (Å²) in [4.78, 5) is 42.8. The SMILES string of the molecule is CNC(=O)c1cc2c(Oc3ccc(CC(=O)C4(C(=O)Cc5ccc(F)cc5Cl)CC4)cc3F)ccnc2cc1OC. The van der Waals surface area contributed by atoms with Crippen LogP contribution in [0.15, 0.2) is 60.8 Å². The van der Waals surface area contributed by atoms with Gasteiger partial charge in [0.05, 0.1) is 23.6 Å². The molecule has 0 spiro atoms. The molecule has 1 amide bonds. The van der Waals surface area contributed by atoms with Gasteiger partial charge in [-0.3, -0.25) is 19.4 Å². The summed E-state index contributed by atoms with van der Waals surface area (Å²) >= 11 is 6.06. The van der Waals surface area contributed by atoms with Gasteiger partial charge in [-0.25, -0.2) is 8.78 Å². The molecular formula is C31H25ClF2N2O5. The lowest BCUT2D eigenvalue weighted by Gasteiger charge is -2.15. The molecule has 0 unspecified atom stereocenters. The largest absolute Gasteiger partial charge is 0.496 e. The highest BCUT2D eigenvalue weighted by Gasteiger charge is 2.54. The van der Waals surface area contributed by atoms with Crippen LogP contribution in [0.3, 0.4) is 0 Å². The highest BCUT2D eigenvalue weighted by Crippen LogP contribution is 2.49. The van der Waals surface area contributed by atoms with E-state index in [1.165, 1.54) is 44.6 Å². The van der Waals surface area contributed by atoms with E-state index in [-0.39, 0.29) is 52.4 Å². The first-order valence-electron chi connectivity index (χ1n) is 12.8. The van der Waals surface area contributed by atoms with E-state index in [0.29, 0.717) is 40.6 Å². The van der Waals surface area contributed by atoms with Gasteiger partial charge in [0, 0.05) is 42.6 Å². The van der Waals surface area contributed by atoms with Gasteiger partial charge in [-0.1, -0.05) is 23.7 Å². The van der Waals surface area contributed by atoms with Crippen molar-refractivity contribution in [2.75, 3.05) is 14.2 Å². The number of Topliss-reactive ketones (excluding diaryl/α,β-unsaturated/α-hetero) is 2. The summed E-state index contributed by atoms with van der Waals surface area (Å²) in [6.07, 6.45) is 2.09. The van der Waals surface area contributed by atoms with Crippen LogP contribution >= 0.6 is 11.6 Å². The van der Waals surface area contributed by atoms with Gasteiger partial charge >= 0.3 is 0 Å². The quantitative estimate of drug-likeness (QED) is 0.231. The van der Waals surface area contributed by atoms with E-state index in [2.05, 4.69) is 10.3 Å². The normalized spacial score (nSPS) is 13.5. The minimum absolute atomic E-state index is 0.0839. The van der Waals surface area contributed by atoms with Crippen molar-refractivity contribution in [1.29, 1.82) is 0 Å². The molecule has 7 nitrogen and oxygen atoms in total. The van der Waals surface area contributed by atoms with Gasteiger partial charge in [0.1, 0.15) is 17.3 Å². The molecule has 1 N–H and O–H groups in total. The Bertz CT molecular complexity index is 1700. The van der Waals surface area contributed by atoms with Crippen LogP contribution in [0.2, 0.25) is 5.02 Å². The van der Waals surface area contributed by atoms with Crippen LogP contribution in [0.1, 0.15) is 34.3 Å². The number of nitrogens with zero attached hydrogens (tertiary/aromatic N) is 1. The molecule has 5 rings (SSSR count). The number of halogens is 3. The lowest BCUT2D eigenvalue weighted by molar-refractivity contribution is -0.133. The maximum atomic E-state index is 15.2. The zero-order chi connectivity index (χ0) is 29.3. The number of carbonyl (C=O) groups is 3. The standard InChI is InChI=1S/C31H25ClF2N2O5/c1-35-30(39)21-15-20-24(16-27(21)40-2)36-10-7-25(20)41-26-6-3-17(11-23(26)34)12-28(37)31(8-9-31)29(38)13-18-4-5-19(33)14-22(18)32/h3-7,10-11,14-16H,8-9,12-13H2,1-2H3,(H,35,39). The molecule has 1 fully saturated rings. The maximum absolute atomic E-state index is 15.2. The summed E-state index contributed by atoms with van der Waals surface area (Å²) in [5.41, 5.74) is 0.457. The number of aromatic nitrogens is 1. The summed E-state index contributed by atoms with van der Waals surface area (Å²) in [5, 5.41) is 3.15. The van der Waals surface area contributed by atoms with E-state index in [1.807, 2.05) is 0 Å². The van der Waals surface area contributed by atoms with Crippen LogP contribution in [0.25, 0.3) is 10.9 Å². The number of amides is 1. The van der Waals surface area contributed by atoms with Crippen molar-refractivity contribution in [3.8, 4) is 17.2 Å². The van der Waals surface area contributed by atoms with E-state index in [0.717, 1.165) is 6.07 Å². The van der Waals surface area contributed by atoms with Crippen molar-refractivity contribution in [2.24, 2.45) is 5.41 Å². The van der Waals surface area contributed by atoms with E-state index in [1.54, 1.807) is 24.3 Å². The van der Waals surface area contributed by atoms with Gasteiger partial charge in [0.25, 0.3) is 5.91 Å².